The molecule has 0 saturated carbocycles. The van der Waals surface area contributed by atoms with Crippen molar-refractivity contribution >= 4 is 17.6 Å². The van der Waals surface area contributed by atoms with E-state index in [2.05, 4.69) is 20.3 Å². The van der Waals surface area contributed by atoms with Gasteiger partial charge in [-0.15, -0.1) is 5.10 Å². The number of aromatic nitrogens is 4. The quantitative estimate of drug-likeness (QED) is 0.323. The van der Waals surface area contributed by atoms with Crippen molar-refractivity contribution in [2.75, 3.05) is 0 Å². The number of rotatable bonds is 3. The number of fused-ring (bicyclic) bond motifs is 1. The van der Waals surface area contributed by atoms with Crippen LogP contribution in [0, 0.1) is 0 Å². The maximum absolute atomic E-state index is 11.4. The van der Waals surface area contributed by atoms with Gasteiger partial charge >= 0.3 is 5.69 Å². The molecule has 1 aliphatic rings. The highest BCUT2D eigenvalue weighted by Crippen LogP contribution is 2.31. The van der Waals surface area contributed by atoms with Crippen LogP contribution in [-0.2, 0) is 19.9 Å². The fourth-order valence-electron chi connectivity index (χ4n) is 2.28. The molecular formula is C12H14N6O2S. The average Bonchev–Trinajstić information content (AvgIpc) is 3.06. The van der Waals surface area contributed by atoms with Gasteiger partial charge in [-0.2, -0.15) is 0 Å². The lowest BCUT2D eigenvalue weighted by molar-refractivity contribution is 0.318. The Bertz CT molecular complexity index is 779. The van der Waals surface area contributed by atoms with Crippen molar-refractivity contribution in [3.05, 3.63) is 33.4 Å². The molecule has 2 aromatic heterocycles. The summed E-state index contributed by atoms with van der Waals surface area (Å²) in [6.07, 6.45) is 2.91. The molecule has 0 fully saturated rings. The lowest BCUT2D eigenvalue weighted by Crippen LogP contribution is -2.16. The highest BCUT2D eigenvalue weighted by molar-refractivity contribution is 7.99. The molecule has 0 bridgehead atoms. The number of pyridine rings is 1. The van der Waals surface area contributed by atoms with Gasteiger partial charge in [-0.1, -0.05) is 5.16 Å². The van der Waals surface area contributed by atoms with E-state index in [-0.39, 0.29) is 11.5 Å². The summed E-state index contributed by atoms with van der Waals surface area (Å²) < 4.78 is 1.38. The predicted molar refractivity (Wildman–Crippen MR) is 76.7 cm³/mol. The molecule has 2 heterocycles. The maximum atomic E-state index is 11.4. The van der Waals surface area contributed by atoms with Crippen LogP contribution in [0.15, 0.2) is 26.2 Å². The van der Waals surface area contributed by atoms with Gasteiger partial charge in [0.2, 0.25) is 0 Å². The molecule has 110 valence electrons. The van der Waals surface area contributed by atoms with Crippen LogP contribution in [0.5, 0.6) is 0 Å². The first-order valence-electron chi connectivity index (χ1n) is 6.40. The molecule has 1 aliphatic carbocycles. The van der Waals surface area contributed by atoms with E-state index in [4.69, 9.17) is 10.9 Å². The topological polar surface area (TPSA) is 122 Å². The van der Waals surface area contributed by atoms with E-state index in [0.29, 0.717) is 15.7 Å². The number of hydrogen-bond acceptors (Lipinski definition) is 6. The van der Waals surface area contributed by atoms with E-state index in [0.717, 1.165) is 30.5 Å². The molecular weight excluding hydrogens is 292 g/mol. The molecule has 0 radical (unpaired) electrons. The first-order valence-corrected chi connectivity index (χ1v) is 7.21. The van der Waals surface area contributed by atoms with Crippen LogP contribution in [0.25, 0.3) is 0 Å². The number of hydrogen-bond donors (Lipinski definition) is 3. The zero-order chi connectivity index (χ0) is 15.0. The first kappa shape index (κ1) is 13.7. The summed E-state index contributed by atoms with van der Waals surface area (Å²) in [5.74, 6) is 0.000218. The van der Waals surface area contributed by atoms with Crippen molar-refractivity contribution < 1.29 is 5.21 Å². The van der Waals surface area contributed by atoms with Gasteiger partial charge in [0.15, 0.2) is 11.0 Å². The largest absolute Gasteiger partial charge is 0.409 e. The van der Waals surface area contributed by atoms with E-state index in [1.807, 2.05) is 6.07 Å². The zero-order valence-corrected chi connectivity index (χ0v) is 12.1. The van der Waals surface area contributed by atoms with E-state index >= 15 is 0 Å². The van der Waals surface area contributed by atoms with Crippen molar-refractivity contribution in [1.82, 2.24) is 19.7 Å². The number of nitrogens with one attached hydrogen (secondary N) is 1. The van der Waals surface area contributed by atoms with Crippen molar-refractivity contribution in [3.63, 3.8) is 0 Å². The van der Waals surface area contributed by atoms with Crippen LogP contribution >= 0.6 is 11.8 Å². The Morgan fingerprint density at radius 3 is 3.05 bits per heavy atom. The molecule has 0 spiro atoms. The second-order valence-electron chi connectivity index (χ2n) is 4.76. The molecule has 0 saturated heterocycles. The molecule has 2 aromatic rings. The number of aryl methyl sites for hydroxylation is 2. The lowest BCUT2D eigenvalue weighted by Gasteiger charge is -2.09. The van der Waals surface area contributed by atoms with Crippen molar-refractivity contribution in [3.8, 4) is 0 Å². The van der Waals surface area contributed by atoms with E-state index in [9.17, 15) is 4.79 Å². The summed E-state index contributed by atoms with van der Waals surface area (Å²) in [7, 11) is 1.62. The summed E-state index contributed by atoms with van der Waals surface area (Å²) in [6, 6.07) is 1.90. The number of H-pyrrole nitrogens is 1. The van der Waals surface area contributed by atoms with E-state index < -0.39 is 0 Å². The Labute approximate surface area is 124 Å². The van der Waals surface area contributed by atoms with Crippen LogP contribution in [0.4, 0.5) is 0 Å². The summed E-state index contributed by atoms with van der Waals surface area (Å²) in [5.41, 5.74) is 8.13. The van der Waals surface area contributed by atoms with Gasteiger partial charge in [-0.05, 0) is 42.7 Å². The molecule has 0 aliphatic heterocycles. The van der Waals surface area contributed by atoms with Crippen molar-refractivity contribution in [2.45, 2.75) is 29.4 Å². The Morgan fingerprint density at radius 1 is 1.57 bits per heavy atom. The minimum Gasteiger partial charge on any atom is -0.409 e. The van der Waals surface area contributed by atoms with Gasteiger partial charge in [-0.3, -0.25) is 4.57 Å². The SMILES string of the molecule is Cn1c(Sc2nc3c(cc2C(N)=NO)CCC3)n[nH]c1=O. The lowest BCUT2D eigenvalue weighted by atomic mass is 10.1. The van der Waals surface area contributed by atoms with Gasteiger partial charge in [0.05, 0.1) is 5.56 Å². The minimum atomic E-state index is -0.302. The monoisotopic (exact) mass is 306 g/mol. The molecule has 3 rings (SSSR count). The maximum Gasteiger partial charge on any atom is 0.343 e. The second kappa shape index (κ2) is 5.24. The number of aromatic amines is 1. The third-order valence-electron chi connectivity index (χ3n) is 3.43. The number of amidine groups is 1. The Morgan fingerprint density at radius 2 is 2.38 bits per heavy atom. The van der Waals surface area contributed by atoms with Gasteiger partial charge < -0.3 is 10.9 Å². The standard InChI is InChI=1S/C12H14N6O2S/c1-18-11(19)15-16-12(18)21-10-7(9(13)17-20)5-6-3-2-4-8(6)14-10/h5,20H,2-4H2,1H3,(H2,13,17)(H,15,19). The number of nitrogens with zero attached hydrogens (tertiary/aromatic N) is 4. The fourth-order valence-corrected chi connectivity index (χ4v) is 3.19. The summed E-state index contributed by atoms with van der Waals surface area (Å²) in [5, 5.41) is 19.3. The Balaban J connectivity index is 2.08. The molecule has 8 nitrogen and oxygen atoms in total. The summed E-state index contributed by atoms with van der Waals surface area (Å²) in [6.45, 7) is 0. The Kier molecular flexibility index (Phi) is 3.42. The molecule has 21 heavy (non-hydrogen) atoms. The van der Waals surface area contributed by atoms with Crippen molar-refractivity contribution in [2.24, 2.45) is 17.9 Å². The minimum absolute atomic E-state index is 0.000218. The zero-order valence-electron chi connectivity index (χ0n) is 11.3. The van der Waals surface area contributed by atoms with Crippen molar-refractivity contribution in [1.29, 1.82) is 0 Å². The van der Waals surface area contributed by atoms with Crippen LogP contribution < -0.4 is 11.4 Å². The highest BCUT2D eigenvalue weighted by atomic mass is 32.2. The molecule has 9 heteroatoms. The van der Waals surface area contributed by atoms with Gasteiger partial charge in [-0.25, -0.2) is 14.9 Å². The van der Waals surface area contributed by atoms with Gasteiger partial charge in [0.1, 0.15) is 5.03 Å². The average molecular weight is 306 g/mol. The van der Waals surface area contributed by atoms with Crippen LogP contribution in [0.2, 0.25) is 0 Å². The molecule has 0 amide bonds. The third kappa shape index (κ3) is 2.40. The summed E-state index contributed by atoms with van der Waals surface area (Å²) in [4.78, 5) is 16.0. The summed E-state index contributed by atoms with van der Waals surface area (Å²) >= 11 is 1.21. The molecule has 0 unspecified atom stereocenters. The third-order valence-corrected chi connectivity index (χ3v) is 4.48. The van der Waals surface area contributed by atoms with Gasteiger partial charge in [0, 0.05) is 12.7 Å². The molecule has 4 N–H and O–H groups in total. The second-order valence-corrected chi connectivity index (χ2v) is 5.71. The highest BCUT2D eigenvalue weighted by Gasteiger charge is 2.20. The van der Waals surface area contributed by atoms with Gasteiger partial charge in [0.25, 0.3) is 0 Å². The fraction of sp³-hybridized carbons (Fsp3) is 0.333. The van der Waals surface area contributed by atoms with E-state index in [1.54, 1.807) is 7.05 Å². The smallest absolute Gasteiger partial charge is 0.343 e. The van der Waals surface area contributed by atoms with Crippen LogP contribution in [0.1, 0.15) is 23.2 Å². The number of oxime groups is 1. The van der Waals surface area contributed by atoms with E-state index in [1.165, 1.54) is 16.3 Å². The van der Waals surface area contributed by atoms with Crippen LogP contribution in [-0.4, -0.2) is 30.8 Å². The van der Waals surface area contributed by atoms with Crippen LogP contribution in [0.3, 0.4) is 0 Å². The first-order chi connectivity index (χ1) is 10.1. The number of nitrogens with two attached hydrogens (primary N) is 1. The molecule has 0 atom stereocenters. The predicted octanol–water partition coefficient (Wildman–Crippen LogP) is 0.238. The normalized spacial score (nSPS) is 14.4. The Hall–Kier alpha value is -2.29. The molecule has 0 aromatic carbocycles.